The first kappa shape index (κ1) is 21.9. The lowest BCUT2D eigenvalue weighted by Crippen LogP contribution is -2.42. The normalized spacial score (nSPS) is 11.2. The lowest BCUT2D eigenvalue weighted by Gasteiger charge is -2.17. The highest BCUT2D eigenvalue weighted by atomic mass is 16.5. The first-order valence-corrected chi connectivity index (χ1v) is 9.52. The largest absolute Gasteiger partial charge is 0.494 e. The predicted molar refractivity (Wildman–Crippen MR) is 108 cm³/mol. The summed E-state index contributed by atoms with van der Waals surface area (Å²) in [6, 6.07) is 15.6. The molecule has 3 amide bonds. The first-order chi connectivity index (χ1) is 14.0. The summed E-state index contributed by atoms with van der Waals surface area (Å²) in [4.78, 5) is 36.3. The van der Waals surface area contributed by atoms with E-state index in [9.17, 15) is 14.4 Å². The summed E-state index contributed by atoms with van der Waals surface area (Å²) in [5.41, 5.74) is 1.57. The molecule has 0 fully saturated rings. The van der Waals surface area contributed by atoms with Crippen LogP contribution in [0.3, 0.4) is 0 Å². The van der Waals surface area contributed by atoms with Crippen molar-refractivity contribution in [2.45, 2.75) is 32.8 Å². The van der Waals surface area contributed by atoms with Gasteiger partial charge in [-0.1, -0.05) is 42.5 Å². The first-order valence-electron chi connectivity index (χ1n) is 9.52. The molecule has 0 heterocycles. The van der Waals surface area contributed by atoms with E-state index in [2.05, 4.69) is 10.6 Å². The fraction of sp³-hybridized carbons (Fsp3) is 0.318. The van der Waals surface area contributed by atoms with Crippen LogP contribution in [0.25, 0.3) is 0 Å². The summed E-state index contributed by atoms with van der Waals surface area (Å²) < 4.78 is 11.0. The maximum Gasteiger partial charge on any atom is 0.321 e. The average molecular weight is 398 g/mol. The minimum absolute atomic E-state index is 0.0869. The highest BCUT2D eigenvalue weighted by molar-refractivity contribution is 5.97. The number of carbonyl (C=O) groups excluding carboxylic acids is 3. The van der Waals surface area contributed by atoms with E-state index in [4.69, 9.17) is 9.47 Å². The number of urea groups is 1. The number of amides is 3. The summed E-state index contributed by atoms with van der Waals surface area (Å²) in [7, 11) is 0. The second-order valence-corrected chi connectivity index (χ2v) is 6.40. The maximum absolute atomic E-state index is 12.4. The zero-order valence-electron chi connectivity index (χ0n) is 16.6. The molecule has 0 aliphatic rings. The summed E-state index contributed by atoms with van der Waals surface area (Å²) in [6.45, 7) is 4.42. The Hall–Kier alpha value is -3.35. The molecule has 0 unspecified atom stereocenters. The van der Waals surface area contributed by atoms with Crippen LogP contribution < -0.4 is 15.4 Å². The number of imide groups is 1. The van der Waals surface area contributed by atoms with Gasteiger partial charge in [-0.15, -0.1) is 0 Å². The standard InChI is InChI=1S/C22H26N2O5/c1-3-23-22(27)24-21(26)20(17-10-5-4-6-11-17)29-19(25)13-8-14-28-18-12-7-9-16(2)15-18/h4-7,9-12,15,20H,3,8,13-14H2,1-2H3,(H2,23,24,26,27)/t20-/m0/s1. The third-order valence-corrected chi connectivity index (χ3v) is 3.95. The summed E-state index contributed by atoms with van der Waals surface area (Å²) in [5.74, 6) is -0.508. The average Bonchev–Trinajstić information content (AvgIpc) is 2.70. The summed E-state index contributed by atoms with van der Waals surface area (Å²) >= 11 is 0. The number of carbonyl (C=O) groups is 3. The highest BCUT2D eigenvalue weighted by Gasteiger charge is 2.26. The van der Waals surface area contributed by atoms with Crippen LogP contribution in [0.5, 0.6) is 5.75 Å². The molecule has 0 aliphatic carbocycles. The number of hydrogen-bond donors (Lipinski definition) is 2. The van der Waals surface area contributed by atoms with Gasteiger partial charge in [0.25, 0.3) is 5.91 Å². The van der Waals surface area contributed by atoms with Crippen molar-refractivity contribution in [1.29, 1.82) is 0 Å². The van der Waals surface area contributed by atoms with Crippen LogP contribution in [0.2, 0.25) is 0 Å². The van der Waals surface area contributed by atoms with Crippen molar-refractivity contribution in [2.75, 3.05) is 13.2 Å². The van der Waals surface area contributed by atoms with Crippen molar-refractivity contribution >= 4 is 17.9 Å². The molecule has 2 rings (SSSR count). The van der Waals surface area contributed by atoms with Gasteiger partial charge in [-0.25, -0.2) is 4.79 Å². The second-order valence-electron chi connectivity index (χ2n) is 6.40. The van der Waals surface area contributed by atoms with Gasteiger partial charge in [-0.2, -0.15) is 0 Å². The molecule has 0 radical (unpaired) electrons. The molecule has 7 heteroatoms. The quantitative estimate of drug-likeness (QED) is 0.499. The Morgan fingerprint density at radius 2 is 1.79 bits per heavy atom. The number of ether oxygens (including phenoxy) is 2. The van der Waals surface area contributed by atoms with Crippen molar-refractivity contribution < 1.29 is 23.9 Å². The Labute approximate surface area is 170 Å². The Morgan fingerprint density at radius 3 is 2.48 bits per heavy atom. The van der Waals surface area contributed by atoms with Crippen molar-refractivity contribution in [3.63, 3.8) is 0 Å². The molecule has 2 aromatic rings. The van der Waals surface area contributed by atoms with Gasteiger partial charge in [0.2, 0.25) is 6.10 Å². The molecular formula is C22H26N2O5. The van der Waals surface area contributed by atoms with E-state index in [0.717, 1.165) is 11.3 Å². The van der Waals surface area contributed by atoms with Crippen LogP contribution in [0.15, 0.2) is 54.6 Å². The monoisotopic (exact) mass is 398 g/mol. The van der Waals surface area contributed by atoms with Gasteiger partial charge in [0.1, 0.15) is 5.75 Å². The minimum Gasteiger partial charge on any atom is -0.494 e. The molecule has 29 heavy (non-hydrogen) atoms. The number of hydrogen-bond acceptors (Lipinski definition) is 5. The molecule has 1 atom stereocenters. The van der Waals surface area contributed by atoms with Crippen LogP contribution in [0.1, 0.15) is 37.0 Å². The molecule has 0 saturated heterocycles. The van der Waals surface area contributed by atoms with E-state index in [1.807, 2.05) is 31.2 Å². The van der Waals surface area contributed by atoms with Crippen LogP contribution in [-0.4, -0.2) is 31.1 Å². The van der Waals surface area contributed by atoms with Gasteiger partial charge in [0.15, 0.2) is 0 Å². The molecule has 0 aromatic heterocycles. The number of aryl methyl sites for hydroxylation is 1. The molecule has 0 saturated carbocycles. The number of nitrogens with one attached hydrogen (secondary N) is 2. The van der Waals surface area contributed by atoms with Crippen molar-refractivity contribution in [2.24, 2.45) is 0 Å². The zero-order chi connectivity index (χ0) is 21.1. The van der Waals surface area contributed by atoms with E-state index >= 15 is 0 Å². The van der Waals surface area contributed by atoms with E-state index in [-0.39, 0.29) is 6.42 Å². The van der Waals surface area contributed by atoms with Gasteiger partial charge in [-0.05, 0) is 38.0 Å². The third-order valence-electron chi connectivity index (χ3n) is 3.95. The molecule has 0 aliphatic heterocycles. The van der Waals surface area contributed by atoms with Crippen LogP contribution in [0.4, 0.5) is 4.79 Å². The fourth-order valence-corrected chi connectivity index (χ4v) is 2.58. The van der Waals surface area contributed by atoms with Gasteiger partial charge in [0, 0.05) is 18.5 Å². The third kappa shape index (κ3) is 7.65. The molecule has 7 nitrogen and oxygen atoms in total. The molecule has 0 spiro atoms. The van der Waals surface area contributed by atoms with E-state index in [1.54, 1.807) is 37.3 Å². The lowest BCUT2D eigenvalue weighted by molar-refractivity contribution is -0.156. The van der Waals surface area contributed by atoms with Gasteiger partial charge < -0.3 is 14.8 Å². The summed E-state index contributed by atoms with van der Waals surface area (Å²) in [6.07, 6.45) is -0.681. The minimum atomic E-state index is -1.20. The SMILES string of the molecule is CCNC(=O)NC(=O)[C@@H](OC(=O)CCCOc1cccc(C)c1)c1ccccc1. The Morgan fingerprint density at radius 1 is 1.03 bits per heavy atom. The zero-order valence-corrected chi connectivity index (χ0v) is 16.6. The second kappa shape index (κ2) is 11.5. The number of benzene rings is 2. The Kier molecular flexibility index (Phi) is 8.69. The summed E-state index contributed by atoms with van der Waals surface area (Å²) in [5, 5.41) is 4.66. The van der Waals surface area contributed by atoms with Crippen molar-refractivity contribution in [1.82, 2.24) is 10.6 Å². The smallest absolute Gasteiger partial charge is 0.321 e. The van der Waals surface area contributed by atoms with Crippen LogP contribution in [-0.2, 0) is 14.3 Å². The predicted octanol–water partition coefficient (Wildman–Crippen LogP) is 3.28. The molecule has 2 N–H and O–H groups in total. The van der Waals surface area contributed by atoms with Crippen molar-refractivity contribution in [3.05, 3.63) is 65.7 Å². The Bertz CT molecular complexity index is 823. The number of esters is 1. The van der Waals surface area contributed by atoms with E-state index in [1.165, 1.54) is 0 Å². The van der Waals surface area contributed by atoms with E-state index in [0.29, 0.717) is 25.1 Å². The van der Waals surface area contributed by atoms with Crippen molar-refractivity contribution in [3.8, 4) is 5.75 Å². The maximum atomic E-state index is 12.4. The molecule has 0 bridgehead atoms. The molecule has 2 aromatic carbocycles. The highest BCUT2D eigenvalue weighted by Crippen LogP contribution is 2.19. The van der Waals surface area contributed by atoms with Gasteiger partial charge in [-0.3, -0.25) is 14.9 Å². The molecular weight excluding hydrogens is 372 g/mol. The van der Waals surface area contributed by atoms with Crippen LogP contribution >= 0.6 is 0 Å². The topological polar surface area (TPSA) is 93.7 Å². The Balaban J connectivity index is 1.89. The van der Waals surface area contributed by atoms with Gasteiger partial charge >= 0.3 is 12.0 Å². The van der Waals surface area contributed by atoms with Gasteiger partial charge in [0.05, 0.1) is 6.61 Å². The fourth-order valence-electron chi connectivity index (χ4n) is 2.58. The van der Waals surface area contributed by atoms with Crippen LogP contribution in [0, 0.1) is 6.92 Å². The lowest BCUT2D eigenvalue weighted by atomic mass is 10.1. The molecule has 154 valence electrons. The number of rotatable bonds is 9. The van der Waals surface area contributed by atoms with E-state index < -0.39 is 24.0 Å².